The maximum atomic E-state index is 13.2. The summed E-state index contributed by atoms with van der Waals surface area (Å²) in [4.78, 5) is 29.6. The molecular formula is C19H18BrF3N4O2. The van der Waals surface area contributed by atoms with Crippen LogP contribution in [0.4, 0.5) is 13.2 Å². The molecule has 3 rings (SSSR count). The summed E-state index contributed by atoms with van der Waals surface area (Å²) in [5, 5.41) is 1.89. The Kier molecular flexibility index (Phi) is 5.57. The van der Waals surface area contributed by atoms with E-state index in [1.807, 2.05) is 25.2 Å². The van der Waals surface area contributed by atoms with Gasteiger partial charge in [-0.3, -0.25) is 13.9 Å². The Morgan fingerprint density at radius 1 is 1.28 bits per heavy atom. The molecule has 2 heterocycles. The fourth-order valence-corrected chi connectivity index (χ4v) is 3.55. The van der Waals surface area contributed by atoms with E-state index in [4.69, 9.17) is 0 Å². The fourth-order valence-electron chi connectivity index (χ4n) is 3.11. The monoisotopic (exact) mass is 470 g/mol. The van der Waals surface area contributed by atoms with Crippen molar-refractivity contribution in [2.24, 2.45) is 0 Å². The number of benzene rings is 1. The zero-order valence-corrected chi connectivity index (χ0v) is 17.4. The van der Waals surface area contributed by atoms with Gasteiger partial charge in [-0.15, -0.1) is 0 Å². The lowest BCUT2D eigenvalue weighted by molar-refractivity contribution is -0.158. The highest BCUT2D eigenvalue weighted by Gasteiger charge is 2.37. The number of hydrogen-bond donors (Lipinski definition) is 1. The van der Waals surface area contributed by atoms with Gasteiger partial charge < -0.3 is 5.32 Å². The Morgan fingerprint density at radius 3 is 2.59 bits per heavy atom. The quantitative estimate of drug-likeness (QED) is 0.591. The first-order chi connectivity index (χ1) is 13.5. The van der Waals surface area contributed by atoms with Gasteiger partial charge in [0, 0.05) is 0 Å². The zero-order valence-electron chi connectivity index (χ0n) is 15.8. The molecule has 1 aromatic carbocycles. The lowest BCUT2D eigenvalue weighted by Crippen LogP contribution is -2.45. The number of fused-ring (bicyclic) bond motifs is 1. The number of alkyl halides is 3. The normalized spacial score (nSPS) is 12.9. The van der Waals surface area contributed by atoms with Gasteiger partial charge in [-0.2, -0.15) is 13.2 Å². The molecule has 1 amide bonds. The van der Waals surface area contributed by atoms with Crippen molar-refractivity contribution in [1.29, 1.82) is 0 Å². The highest BCUT2D eigenvalue weighted by molar-refractivity contribution is 9.10. The third kappa shape index (κ3) is 4.07. The first kappa shape index (κ1) is 21.1. The van der Waals surface area contributed by atoms with Crippen LogP contribution >= 0.6 is 15.9 Å². The van der Waals surface area contributed by atoms with Gasteiger partial charge in [0.05, 0.1) is 22.9 Å². The van der Waals surface area contributed by atoms with Crippen LogP contribution in [-0.4, -0.2) is 32.2 Å². The van der Waals surface area contributed by atoms with Crippen LogP contribution in [0.15, 0.2) is 39.9 Å². The second-order valence-electron chi connectivity index (χ2n) is 6.77. The van der Waals surface area contributed by atoms with Gasteiger partial charge in [0.15, 0.2) is 0 Å². The molecule has 0 saturated carbocycles. The molecule has 1 N–H and O–H groups in total. The molecule has 0 unspecified atom stereocenters. The van der Waals surface area contributed by atoms with Crippen molar-refractivity contribution in [2.75, 3.05) is 0 Å². The minimum absolute atomic E-state index is 0.451. The number of para-hydroxylation sites is 1. The lowest BCUT2D eigenvalue weighted by Gasteiger charge is -2.17. The van der Waals surface area contributed by atoms with Crippen LogP contribution in [0, 0.1) is 13.8 Å². The van der Waals surface area contributed by atoms with E-state index in [1.54, 1.807) is 18.2 Å². The lowest BCUT2D eigenvalue weighted by atomic mass is 10.2. The van der Waals surface area contributed by atoms with Crippen molar-refractivity contribution in [2.45, 2.75) is 39.5 Å². The molecule has 29 heavy (non-hydrogen) atoms. The molecule has 1 atom stereocenters. The number of halogens is 4. The van der Waals surface area contributed by atoms with E-state index in [0.29, 0.717) is 21.3 Å². The second-order valence-corrected chi connectivity index (χ2v) is 7.58. The van der Waals surface area contributed by atoms with Crippen LogP contribution < -0.4 is 11.0 Å². The summed E-state index contributed by atoms with van der Waals surface area (Å²) in [6.45, 7) is 3.95. The summed E-state index contributed by atoms with van der Waals surface area (Å²) < 4.78 is 41.4. The van der Waals surface area contributed by atoms with Crippen LogP contribution in [0.2, 0.25) is 0 Å². The fraction of sp³-hybridized carbons (Fsp3) is 0.316. The van der Waals surface area contributed by atoms with E-state index in [9.17, 15) is 22.8 Å². The van der Waals surface area contributed by atoms with Crippen LogP contribution in [0.5, 0.6) is 0 Å². The largest absolute Gasteiger partial charge is 0.408 e. The van der Waals surface area contributed by atoms with E-state index in [-0.39, 0.29) is 0 Å². The van der Waals surface area contributed by atoms with Crippen molar-refractivity contribution >= 4 is 32.9 Å². The number of nitrogens with zero attached hydrogens (tertiary/aromatic N) is 3. The van der Waals surface area contributed by atoms with E-state index < -0.39 is 30.4 Å². The van der Waals surface area contributed by atoms with E-state index in [0.717, 1.165) is 18.1 Å². The Hall–Kier alpha value is -2.62. The molecule has 3 aromatic rings. The average molecular weight is 471 g/mol. The van der Waals surface area contributed by atoms with Crippen LogP contribution in [0.1, 0.15) is 18.1 Å². The van der Waals surface area contributed by atoms with Crippen LogP contribution in [0.3, 0.4) is 0 Å². The minimum Gasteiger partial charge on any atom is -0.343 e. The number of imidazole rings is 1. The average Bonchev–Trinajstić information content (AvgIpc) is 2.88. The molecule has 2 aromatic heterocycles. The van der Waals surface area contributed by atoms with Crippen molar-refractivity contribution in [3.63, 3.8) is 0 Å². The highest BCUT2D eigenvalue weighted by Crippen LogP contribution is 2.24. The number of nitrogens with one attached hydrogen (secondary N) is 1. The second kappa shape index (κ2) is 7.66. The molecule has 0 saturated heterocycles. The van der Waals surface area contributed by atoms with Crippen LogP contribution in [-0.2, 0) is 11.3 Å². The third-order valence-electron chi connectivity index (χ3n) is 4.61. The molecule has 0 spiro atoms. The molecule has 154 valence electrons. The maximum absolute atomic E-state index is 13.2. The Labute approximate surface area is 172 Å². The number of aromatic nitrogens is 3. The molecule has 6 nitrogen and oxygen atoms in total. The van der Waals surface area contributed by atoms with Gasteiger partial charge >= 0.3 is 11.9 Å². The molecule has 0 fully saturated rings. The van der Waals surface area contributed by atoms with E-state index in [1.165, 1.54) is 15.3 Å². The molecule has 0 bridgehead atoms. The van der Waals surface area contributed by atoms with E-state index in [2.05, 4.69) is 20.9 Å². The smallest absolute Gasteiger partial charge is 0.343 e. The molecular weight excluding hydrogens is 453 g/mol. The van der Waals surface area contributed by atoms with Gasteiger partial charge in [-0.05, 0) is 60.0 Å². The predicted octanol–water partition coefficient (Wildman–Crippen LogP) is 3.63. The number of hydrogen-bond acceptors (Lipinski definition) is 3. The van der Waals surface area contributed by atoms with Crippen molar-refractivity contribution in [3.05, 3.63) is 56.7 Å². The molecule has 0 aliphatic heterocycles. The van der Waals surface area contributed by atoms with Gasteiger partial charge in [0.25, 0.3) is 0 Å². The molecule has 0 aliphatic carbocycles. The summed E-state index contributed by atoms with van der Waals surface area (Å²) in [5.74, 6) is -0.900. The number of aryl methyl sites for hydroxylation is 2. The number of rotatable bonds is 4. The molecule has 0 aliphatic rings. The summed E-state index contributed by atoms with van der Waals surface area (Å²) in [6, 6.07) is 4.93. The minimum atomic E-state index is -4.56. The van der Waals surface area contributed by atoms with Crippen LogP contribution in [0.25, 0.3) is 16.7 Å². The number of carbonyl (C=O) groups is 1. The SMILES string of the molecule is Cc1cc(Br)ncc1-n1c(=O)n(CC(=O)N[C@H](C)C(F)(F)F)c2cccc(C)c21. The Bertz CT molecular complexity index is 1150. The Morgan fingerprint density at radius 2 is 1.97 bits per heavy atom. The number of pyridine rings is 1. The maximum Gasteiger partial charge on any atom is 0.408 e. The first-order valence-electron chi connectivity index (χ1n) is 8.70. The van der Waals surface area contributed by atoms with Gasteiger partial charge in [-0.1, -0.05) is 12.1 Å². The van der Waals surface area contributed by atoms with Crippen molar-refractivity contribution in [3.8, 4) is 5.69 Å². The summed E-state index contributed by atoms with van der Waals surface area (Å²) >= 11 is 3.28. The van der Waals surface area contributed by atoms with Gasteiger partial charge in [0.2, 0.25) is 5.91 Å². The van der Waals surface area contributed by atoms with Crippen molar-refractivity contribution in [1.82, 2.24) is 19.4 Å². The number of amides is 1. The Balaban J connectivity index is 2.13. The summed E-state index contributed by atoms with van der Waals surface area (Å²) in [6.07, 6.45) is -3.03. The summed E-state index contributed by atoms with van der Waals surface area (Å²) in [5.41, 5.74) is 2.57. The van der Waals surface area contributed by atoms with Crippen molar-refractivity contribution < 1.29 is 18.0 Å². The zero-order chi connectivity index (χ0) is 21.5. The highest BCUT2D eigenvalue weighted by atomic mass is 79.9. The molecule has 10 heteroatoms. The predicted molar refractivity (Wildman–Crippen MR) is 106 cm³/mol. The number of carbonyl (C=O) groups excluding carboxylic acids is 1. The topological polar surface area (TPSA) is 68.9 Å². The molecule has 0 radical (unpaired) electrons. The van der Waals surface area contributed by atoms with E-state index >= 15 is 0 Å². The standard InChI is InChI=1S/C19H18BrF3N4O2/c1-10-5-4-6-13-17(10)27(14-8-24-15(20)7-11(14)2)18(29)26(13)9-16(28)25-12(3)19(21,22)23/h4-8,12H,9H2,1-3H3,(H,25,28)/t12-/m1/s1. The van der Waals surface area contributed by atoms with Gasteiger partial charge in [-0.25, -0.2) is 9.78 Å². The first-order valence-corrected chi connectivity index (χ1v) is 9.49. The summed E-state index contributed by atoms with van der Waals surface area (Å²) in [7, 11) is 0. The van der Waals surface area contributed by atoms with Gasteiger partial charge in [0.1, 0.15) is 17.2 Å². The third-order valence-corrected chi connectivity index (χ3v) is 5.05.